The Morgan fingerprint density at radius 3 is 3.11 bits per heavy atom. The Morgan fingerprint density at radius 2 is 2.21 bits per heavy atom. The molecule has 0 spiro atoms. The highest BCUT2D eigenvalue weighted by Gasteiger charge is 2.14. The number of aromatic nitrogens is 1. The SMILES string of the molecule is c1ccc2c(CNCCC3CCCO3)ccnc2c1. The molecule has 0 radical (unpaired) electrons. The summed E-state index contributed by atoms with van der Waals surface area (Å²) in [6, 6.07) is 10.4. The van der Waals surface area contributed by atoms with Gasteiger partial charge < -0.3 is 10.1 Å². The van der Waals surface area contributed by atoms with Crippen LogP contribution in [0.4, 0.5) is 0 Å². The van der Waals surface area contributed by atoms with Crippen molar-refractivity contribution in [1.82, 2.24) is 10.3 Å². The van der Waals surface area contributed by atoms with E-state index in [1.165, 1.54) is 23.8 Å². The molecule has 1 fully saturated rings. The fraction of sp³-hybridized carbons (Fsp3) is 0.438. The van der Waals surface area contributed by atoms with Crippen LogP contribution in [-0.4, -0.2) is 24.2 Å². The molecule has 1 aromatic heterocycles. The van der Waals surface area contributed by atoms with E-state index in [0.717, 1.165) is 31.6 Å². The Bertz CT molecular complexity index is 530. The Kier molecular flexibility index (Phi) is 4.06. The number of benzene rings is 1. The van der Waals surface area contributed by atoms with E-state index in [1.54, 1.807) is 0 Å². The molecule has 0 saturated carbocycles. The molecule has 1 unspecified atom stereocenters. The Morgan fingerprint density at radius 1 is 1.26 bits per heavy atom. The number of pyridine rings is 1. The van der Waals surface area contributed by atoms with Crippen LogP contribution in [0.1, 0.15) is 24.8 Å². The smallest absolute Gasteiger partial charge is 0.0705 e. The zero-order chi connectivity index (χ0) is 12.9. The molecule has 3 heteroatoms. The van der Waals surface area contributed by atoms with Gasteiger partial charge in [0.05, 0.1) is 11.6 Å². The maximum Gasteiger partial charge on any atom is 0.0705 e. The molecule has 1 atom stereocenters. The molecular weight excluding hydrogens is 236 g/mol. The largest absolute Gasteiger partial charge is 0.378 e. The summed E-state index contributed by atoms with van der Waals surface area (Å²) in [7, 11) is 0. The standard InChI is InChI=1S/C16H20N2O/c1-2-6-16-15(5-1)13(7-10-18-16)12-17-9-8-14-4-3-11-19-14/h1-2,5-7,10,14,17H,3-4,8-9,11-12H2. The number of hydrogen-bond donors (Lipinski definition) is 1. The van der Waals surface area contributed by atoms with E-state index in [4.69, 9.17) is 4.74 Å². The van der Waals surface area contributed by atoms with Gasteiger partial charge in [-0.15, -0.1) is 0 Å². The van der Waals surface area contributed by atoms with Crippen LogP contribution in [0.5, 0.6) is 0 Å². The van der Waals surface area contributed by atoms with Crippen molar-refractivity contribution in [3.8, 4) is 0 Å². The van der Waals surface area contributed by atoms with E-state index in [1.807, 2.05) is 12.3 Å². The molecule has 0 bridgehead atoms. The van der Waals surface area contributed by atoms with Gasteiger partial charge in [0.2, 0.25) is 0 Å². The predicted molar refractivity (Wildman–Crippen MR) is 77.0 cm³/mol. The van der Waals surface area contributed by atoms with Gasteiger partial charge in [-0.25, -0.2) is 0 Å². The normalized spacial score (nSPS) is 19.1. The quantitative estimate of drug-likeness (QED) is 0.835. The highest BCUT2D eigenvalue weighted by Crippen LogP contribution is 2.17. The lowest BCUT2D eigenvalue weighted by Crippen LogP contribution is -2.20. The van der Waals surface area contributed by atoms with Crippen molar-refractivity contribution in [3.05, 3.63) is 42.1 Å². The third kappa shape index (κ3) is 3.11. The van der Waals surface area contributed by atoms with E-state index in [0.29, 0.717) is 6.10 Å². The number of nitrogens with one attached hydrogen (secondary N) is 1. The lowest BCUT2D eigenvalue weighted by Gasteiger charge is -2.11. The van der Waals surface area contributed by atoms with Crippen molar-refractivity contribution in [2.45, 2.75) is 31.9 Å². The molecular formula is C16H20N2O. The minimum Gasteiger partial charge on any atom is -0.378 e. The number of nitrogens with zero attached hydrogens (tertiary/aromatic N) is 1. The minimum atomic E-state index is 0.474. The fourth-order valence-electron chi connectivity index (χ4n) is 2.67. The molecule has 2 aromatic rings. The molecule has 1 N–H and O–H groups in total. The molecule has 0 amide bonds. The summed E-state index contributed by atoms with van der Waals surface area (Å²) in [4.78, 5) is 4.39. The van der Waals surface area contributed by atoms with Crippen LogP contribution in [0.3, 0.4) is 0 Å². The van der Waals surface area contributed by atoms with E-state index < -0.39 is 0 Å². The second-order valence-electron chi connectivity index (χ2n) is 5.09. The van der Waals surface area contributed by atoms with Gasteiger partial charge in [-0.2, -0.15) is 0 Å². The van der Waals surface area contributed by atoms with Crippen molar-refractivity contribution < 1.29 is 4.74 Å². The molecule has 1 aliphatic heterocycles. The third-order valence-electron chi connectivity index (χ3n) is 3.72. The van der Waals surface area contributed by atoms with Gasteiger partial charge in [0, 0.05) is 24.7 Å². The Hall–Kier alpha value is -1.45. The predicted octanol–water partition coefficient (Wildman–Crippen LogP) is 2.89. The highest BCUT2D eigenvalue weighted by atomic mass is 16.5. The molecule has 3 nitrogen and oxygen atoms in total. The molecule has 19 heavy (non-hydrogen) atoms. The van der Waals surface area contributed by atoms with Crippen LogP contribution in [0, 0.1) is 0 Å². The van der Waals surface area contributed by atoms with Crippen molar-refractivity contribution in [2.24, 2.45) is 0 Å². The van der Waals surface area contributed by atoms with E-state index in [-0.39, 0.29) is 0 Å². The molecule has 1 aromatic carbocycles. The summed E-state index contributed by atoms with van der Waals surface area (Å²) in [6.07, 6.45) is 5.92. The maximum atomic E-state index is 5.63. The first-order valence-electron chi connectivity index (χ1n) is 7.08. The van der Waals surface area contributed by atoms with Crippen LogP contribution in [0.25, 0.3) is 10.9 Å². The van der Waals surface area contributed by atoms with Crippen LogP contribution in [0.2, 0.25) is 0 Å². The first-order valence-corrected chi connectivity index (χ1v) is 7.08. The van der Waals surface area contributed by atoms with Crippen molar-refractivity contribution in [1.29, 1.82) is 0 Å². The molecule has 3 rings (SSSR count). The molecule has 1 saturated heterocycles. The van der Waals surface area contributed by atoms with Gasteiger partial charge in [-0.1, -0.05) is 18.2 Å². The topological polar surface area (TPSA) is 34.1 Å². The van der Waals surface area contributed by atoms with Crippen LogP contribution < -0.4 is 5.32 Å². The average molecular weight is 256 g/mol. The zero-order valence-electron chi connectivity index (χ0n) is 11.1. The summed E-state index contributed by atoms with van der Waals surface area (Å²) >= 11 is 0. The summed E-state index contributed by atoms with van der Waals surface area (Å²) < 4.78 is 5.63. The van der Waals surface area contributed by atoms with Crippen molar-refractivity contribution in [3.63, 3.8) is 0 Å². The lowest BCUT2D eigenvalue weighted by molar-refractivity contribution is 0.104. The van der Waals surface area contributed by atoms with Gasteiger partial charge in [-0.05, 0) is 43.5 Å². The second-order valence-corrected chi connectivity index (χ2v) is 5.09. The number of ether oxygens (including phenoxy) is 1. The average Bonchev–Trinajstić information content (AvgIpc) is 2.97. The van der Waals surface area contributed by atoms with Crippen molar-refractivity contribution in [2.75, 3.05) is 13.2 Å². The van der Waals surface area contributed by atoms with Crippen LogP contribution in [0.15, 0.2) is 36.5 Å². The molecule has 1 aliphatic rings. The zero-order valence-corrected chi connectivity index (χ0v) is 11.1. The first kappa shape index (κ1) is 12.6. The minimum absolute atomic E-state index is 0.474. The van der Waals surface area contributed by atoms with Gasteiger partial charge in [-0.3, -0.25) is 4.98 Å². The first-order chi connectivity index (χ1) is 9.43. The van der Waals surface area contributed by atoms with Gasteiger partial charge in [0.15, 0.2) is 0 Å². The number of para-hydroxylation sites is 1. The summed E-state index contributed by atoms with van der Waals surface area (Å²) in [5.41, 5.74) is 2.39. The third-order valence-corrected chi connectivity index (χ3v) is 3.72. The maximum absolute atomic E-state index is 5.63. The molecule has 0 aliphatic carbocycles. The number of hydrogen-bond acceptors (Lipinski definition) is 3. The summed E-state index contributed by atoms with van der Waals surface area (Å²) in [5, 5.41) is 4.76. The summed E-state index contributed by atoms with van der Waals surface area (Å²) in [5.74, 6) is 0. The monoisotopic (exact) mass is 256 g/mol. The summed E-state index contributed by atoms with van der Waals surface area (Å²) in [6.45, 7) is 2.86. The van der Waals surface area contributed by atoms with Crippen molar-refractivity contribution >= 4 is 10.9 Å². The van der Waals surface area contributed by atoms with E-state index in [9.17, 15) is 0 Å². The van der Waals surface area contributed by atoms with Gasteiger partial charge in [0.25, 0.3) is 0 Å². The van der Waals surface area contributed by atoms with Crippen LogP contribution >= 0.6 is 0 Å². The Labute approximate surface area is 114 Å². The highest BCUT2D eigenvalue weighted by molar-refractivity contribution is 5.81. The van der Waals surface area contributed by atoms with Gasteiger partial charge >= 0.3 is 0 Å². The van der Waals surface area contributed by atoms with E-state index >= 15 is 0 Å². The second kappa shape index (κ2) is 6.13. The van der Waals surface area contributed by atoms with E-state index in [2.05, 4.69) is 34.6 Å². The van der Waals surface area contributed by atoms with Crippen LogP contribution in [-0.2, 0) is 11.3 Å². The number of rotatable bonds is 5. The number of fused-ring (bicyclic) bond motifs is 1. The molecule has 100 valence electrons. The Balaban J connectivity index is 1.56. The lowest BCUT2D eigenvalue weighted by atomic mass is 10.1. The fourth-order valence-corrected chi connectivity index (χ4v) is 2.67. The van der Waals surface area contributed by atoms with Gasteiger partial charge in [0.1, 0.15) is 0 Å². The molecule has 2 heterocycles.